The lowest BCUT2D eigenvalue weighted by molar-refractivity contribution is 0.736. The summed E-state index contributed by atoms with van der Waals surface area (Å²) in [6, 6.07) is 9.89. The van der Waals surface area contributed by atoms with Crippen LogP contribution in [0.3, 0.4) is 0 Å². The van der Waals surface area contributed by atoms with Gasteiger partial charge in [-0.25, -0.2) is 0 Å². The van der Waals surface area contributed by atoms with Gasteiger partial charge in [0.25, 0.3) is 0 Å². The Labute approximate surface area is 104 Å². The molecule has 0 bridgehead atoms. The summed E-state index contributed by atoms with van der Waals surface area (Å²) in [6.45, 7) is 4.13. The number of tetrazole rings is 1. The molecule has 1 N–H and O–H groups in total. The van der Waals surface area contributed by atoms with E-state index >= 15 is 0 Å². The van der Waals surface area contributed by atoms with Crippen molar-refractivity contribution in [3.05, 3.63) is 41.5 Å². The minimum Gasteiger partial charge on any atom is -0.339 e. The molecule has 0 atom stereocenters. The van der Waals surface area contributed by atoms with Crippen LogP contribution in [0.1, 0.15) is 11.1 Å². The number of anilines is 2. The highest BCUT2D eigenvalue weighted by atomic mass is 15.6. The van der Waals surface area contributed by atoms with Gasteiger partial charge in [-0.3, -0.25) is 0 Å². The van der Waals surface area contributed by atoms with Gasteiger partial charge in [0.1, 0.15) is 0 Å². The van der Waals surface area contributed by atoms with Gasteiger partial charge in [-0.2, -0.15) is 0 Å². The summed E-state index contributed by atoms with van der Waals surface area (Å²) in [5, 5.41) is 18.6. The first-order valence-corrected chi connectivity index (χ1v) is 5.62. The predicted octanol–water partition coefficient (Wildman–Crippen LogP) is 1.88. The fourth-order valence-electron chi connectivity index (χ4n) is 1.81. The molecule has 0 aliphatic heterocycles. The first-order chi connectivity index (χ1) is 8.72. The summed E-state index contributed by atoms with van der Waals surface area (Å²) in [4.78, 5) is 0. The minimum absolute atomic E-state index is 0.626. The summed E-state index contributed by atoms with van der Waals surface area (Å²) < 4.78 is 1.39. The van der Waals surface area contributed by atoms with Crippen LogP contribution in [-0.2, 0) is 0 Å². The lowest BCUT2D eigenvalue weighted by Gasteiger charge is -2.09. The van der Waals surface area contributed by atoms with Gasteiger partial charge in [0.2, 0.25) is 0 Å². The number of fused-ring (bicyclic) bond motifs is 1. The highest BCUT2D eigenvalue weighted by Crippen LogP contribution is 2.19. The molecular weight excluding hydrogens is 228 g/mol. The number of benzene rings is 1. The van der Waals surface area contributed by atoms with Crippen molar-refractivity contribution in [1.82, 2.24) is 25.3 Å². The predicted molar refractivity (Wildman–Crippen MR) is 67.8 cm³/mol. The van der Waals surface area contributed by atoms with Crippen LogP contribution >= 0.6 is 0 Å². The van der Waals surface area contributed by atoms with E-state index in [1.54, 1.807) is 0 Å². The van der Waals surface area contributed by atoms with Crippen molar-refractivity contribution in [3.63, 3.8) is 0 Å². The molecule has 3 aromatic rings. The van der Waals surface area contributed by atoms with Gasteiger partial charge < -0.3 is 5.32 Å². The molecular formula is C12H12N6. The van der Waals surface area contributed by atoms with Crippen molar-refractivity contribution >= 4 is 17.2 Å². The van der Waals surface area contributed by atoms with Crippen LogP contribution in [-0.4, -0.2) is 25.3 Å². The smallest absolute Gasteiger partial charge is 0.200 e. The molecule has 0 fully saturated rings. The molecule has 0 spiro atoms. The summed E-state index contributed by atoms with van der Waals surface area (Å²) in [5.74, 6) is 0.710. The van der Waals surface area contributed by atoms with Gasteiger partial charge >= 0.3 is 0 Å². The van der Waals surface area contributed by atoms with Crippen molar-refractivity contribution < 1.29 is 0 Å². The molecule has 0 saturated heterocycles. The van der Waals surface area contributed by atoms with Gasteiger partial charge in [0.15, 0.2) is 11.5 Å². The van der Waals surface area contributed by atoms with Crippen molar-refractivity contribution in [2.75, 3.05) is 5.32 Å². The van der Waals surface area contributed by atoms with Gasteiger partial charge in [-0.15, -0.1) is 14.8 Å². The molecule has 90 valence electrons. The lowest BCUT2D eigenvalue weighted by atomic mass is 10.1. The Hall–Kier alpha value is -2.50. The van der Waals surface area contributed by atoms with E-state index in [4.69, 9.17) is 0 Å². The molecule has 2 heterocycles. The molecule has 0 saturated carbocycles. The number of aryl methyl sites for hydroxylation is 2. The van der Waals surface area contributed by atoms with E-state index in [9.17, 15) is 0 Å². The maximum absolute atomic E-state index is 4.26. The van der Waals surface area contributed by atoms with Crippen LogP contribution < -0.4 is 5.32 Å². The second-order valence-corrected chi connectivity index (χ2v) is 4.19. The van der Waals surface area contributed by atoms with Gasteiger partial charge in [0, 0.05) is 5.69 Å². The van der Waals surface area contributed by atoms with E-state index in [0.29, 0.717) is 11.5 Å². The Bertz CT molecular complexity index is 703. The number of nitrogens with one attached hydrogen (secondary N) is 1. The highest BCUT2D eigenvalue weighted by molar-refractivity contribution is 5.61. The fraction of sp³-hybridized carbons (Fsp3) is 0.167. The largest absolute Gasteiger partial charge is 0.339 e. The summed E-state index contributed by atoms with van der Waals surface area (Å²) >= 11 is 0. The van der Waals surface area contributed by atoms with Crippen LogP contribution in [0.5, 0.6) is 0 Å². The summed E-state index contributed by atoms with van der Waals surface area (Å²) in [7, 11) is 0. The zero-order valence-electron chi connectivity index (χ0n) is 10.1. The maximum atomic E-state index is 4.26. The first kappa shape index (κ1) is 10.6. The van der Waals surface area contributed by atoms with Crippen LogP contribution in [0.25, 0.3) is 5.65 Å². The second-order valence-electron chi connectivity index (χ2n) is 4.19. The Morgan fingerprint density at radius 1 is 1.11 bits per heavy atom. The normalized spacial score (nSPS) is 10.8. The van der Waals surface area contributed by atoms with E-state index in [2.05, 4.69) is 51.9 Å². The number of aromatic nitrogens is 5. The van der Waals surface area contributed by atoms with Crippen molar-refractivity contribution in [1.29, 1.82) is 0 Å². The van der Waals surface area contributed by atoms with Crippen LogP contribution in [0.2, 0.25) is 0 Å². The number of rotatable bonds is 2. The van der Waals surface area contributed by atoms with Crippen molar-refractivity contribution in [2.24, 2.45) is 0 Å². The molecule has 6 heteroatoms. The average molecular weight is 240 g/mol. The van der Waals surface area contributed by atoms with Crippen molar-refractivity contribution in [2.45, 2.75) is 13.8 Å². The zero-order valence-corrected chi connectivity index (χ0v) is 10.1. The van der Waals surface area contributed by atoms with Gasteiger partial charge in [-0.1, -0.05) is 17.7 Å². The number of hydrogen-bond donors (Lipinski definition) is 1. The first-order valence-electron chi connectivity index (χ1n) is 5.62. The molecule has 0 radical (unpaired) electrons. The molecule has 0 amide bonds. The molecule has 1 aromatic carbocycles. The average Bonchev–Trinajstić information content (AvgIpc) is 2.80. The quantitative estimate of drug-likeness (QED) is 0.740. The van der Waals surface area contributed by atoms with Crippen LogP contribution in [0.4, 0.5) is 11.5 Å². The molecule has 0 unspecified atom stereocenters. The topological polar surface area (TPSA) is 68.0 Å². The van der Waals surface area contributed by atoms with Crippen LogP contribution in [0.15, 0.2) is 30.3 Å². The monoisotopic (exact) mass is 240 g/mol. The minimum atomic E-state index is 0.626. The second kappa shape index (κ2) is 4.06. The Kier molecular flexibility index (Phi) is 2.40. The van der Waals surface area contributed by atoms with Crippen molar-refractivity contribution in [3.8, 4) is 0 Å². The highest BCUT2D eigenvalue weighted by Gasteiger charge is 2.03. The molecule has 0 aliphatic rings. The van der Waals surface area contributed by atoms with E-state index < -0.39 is 0 Å². The Balaban J connectivity index is 1.95. The summed E-state index contributed by atoms with van der Waals surface area (Å²) in [5.41, 5.74) is 4.07. The lowest BCUT2D eigenvalue weighted by Crippen LogP contribution is -2.01. The van der Waals surface area contributed by atoms with E-state index in [1.165, 1.54) is 15.8 Å². The Morgan fingerprint density at radius 3 is 2.83 bits per heavy atom. The molecule has 6 nitrogen and oxygen atoms in total. The summed E-state index contributed by atoms with van der Waals surface area (Å²) in [6.07, 6.45) is 0. The molecule has 3 rings (SSSR count). The third kappa shape index (κ3) is 1.88. The standard InChI is InChI=1S/C12H12N6/c1-8-3-4-10(9(2)7-8)13-11-5-6-12-14-16-17-18(12)15-11/h3-7H,1-2H3,(H,13,15). The van der Waals surface area contributed by atoms with Gasteiger partial charge in [0.05, 0.1) is 0 Å². The third-order valence-corrected chi connectivity index (χ3v) is 2.71. The zero-order chi connectivity index (χ0) is 12.5. The van der Waals surface area contributed by atoms with E-state index in [-0.39, 0.29) is 0 Å². The Morgan fingerprint density at radius 2 is 2.00 bits per heavy atom. The maximum Gasteiger partial charge on any atom is 0.200 e. The molecule has 2 aromatic heterocycles. The number of hydrogen-bond acceptors (Lipinski definition) is 5. The van der Waals surface area contributed by atoms with E-state index in [0.717, 1.165) is 5.69 Å². The third-order valence-electron chi connectivity index (χ3n) is 2.71. The van der Waals surface area contributed by atoms with Crippen LogP contribution in [0, 0.1) is 13.8 Å². The fourth-order valence-corrected chi connectivity index (χ4v) is 1.81. The molecule has 0 aliphatic carbocycles. The van der Waals surface area contributed by atoms with E-state index in [1.807, 2.05) is 18.2 Å². The molecule has 18 heavy (non-hydrogen) atoms. The SMILES string of the molecule is Cc1ccc(Nc2ccc3nnnn3n2)c(C)c1. The van der Waals surface area contributed by atoms with Gasteiger partial charge in [-0.05, 0) is 48.0 Å². The number of nitrogens with zero attached hydrogens (tertiary/aromatic N) is 5.